The van der Waals surface area contributed by atoms with E-state index in [1.54, 1.807) is 13.0 Å². The van der Waals surface area contributed by atoms with Gasteiger partial charge in [0.05, 0.1) is 10.3 Å². The van der Waals surface area contributed by atoms with Crippen LogP contribution < -0.4 is 4.74 Å². The summed E-state index contributed by atoms with van der Waals surface area (Å²) in [6.07, 6.45) is 1.27. The van der Waals surface area contributed by atoms with E-state index in [-0.39, 0.29) is 17.3 Å². The Morgan fingerprint density at radius 3 is 2.96 bits per heavy atom. The van der Waals surface area contributed by atoms with Gasteiger partial charge in [-0.05, 0) is 23.6 Å². The van der Waals surface area contributed by atoms with Crippen molar-refractivity contribution in [3.05, 3.63) is 58.0 Å². The molecule has 0 bridgehead atoms. The maximum absolute atomic E-state index is 11.4. The van der Waals surface area contributed by atoms with E-state index in [1.165, 1.54) is 17.5 Å². The second kappa shape index (κ2) is 6.98. The highest BCUT2D eigenvalue weighted by atomic mass is 35.5. The Bertz CT molecular complexity index is 1150. The summed E-state index contributed by atoms with van der Waals surface area (Å²) in [7, 11) is 0. The van der Waals surface area contributed by atoms with Crippen molar-refractivity contribution in [3.63, 3.8) is 0 Å². The lowest BCUT2D eigenvalue weighted by atomic mass is 10.1. The van der Waals surface area contributed by atoms with Gasteiger partial charge in [-0.1, -0.05) is 17.7 Å². The van der Waals surface area contributed by atoms with E-state index >= 15 is 0 Å². The number of aromatic nitrogens is 3. The molecular weight excluding hydrogens is 390 g/mol. The number of benzene rings is 1. The standard InChI is InChI=1S/C18H12ClN3O4S/c1-9-21-22-17(26-9)10-3-2-4-12(5-10)25-7-11-8-27-15-13(18(23)24)6-20-16(19)14(11)15/h2-6,8H,7H2,1H3,(H,23,24). The first-order valence-corrected chi connectivity index (χ1v) is 9.10. The number of pyridine rings is 1. The van der Waals surface area contributed by atoms with Crippen molar-refractivity contribution in [1.82, 2.24) is 15.2 Å². The third kappa shape index (κ3) is 3.36. The lowest BCUT2D eigenvalue weighted by molar-refractivity contribution is 0.0699. The molecule has 1 N–H and O–H groups in total. The third-order valence-electron chi connectivity index (χ3n) is 3.86. The highest BCUT2D eigenvalue weighted by molar-refractivity contribution is 7.17. The number of hydrogen-bond donors (Lipinski definition) is 1. The molecule has 9 heteroatoms. The fourth-order valence-electron chi connectivity index (χ4n) is 2.61. The first-order valence-electron chi connectivity index (χ1n) is 7.84. The molecule has 4 rings (SSSR count). The van der Waals surface area contributed by atoms with E-state index in [0.717, 1.165) is 11.1 Å². The summed E-state index contributed by atoms with van der Waals surface area (Å²) in [4.78, 5) is 15.3. The fraction of sp³-hybridized carbons (Fsp3) is 0.111. The fourth-order valence-corrected chi connectivity index (χ4v) is 3.99. The van der Waals surface area contributed by atoms with Crippen LogP contribution in [0.5, 0.6) is 5.75 Å². The molecule has 0 spiro atoms. The van der Waals surface area contributed by atoms with Gasteiger partial charge in [-0.2, -0.15) is 0 Å². The number of carbonyl (C=O) groups is 1. The minimum Gasteiger partial charge on any atom is -0.489 e. The molecule has 4 aromatic rings. The number of rotatable bonds is 5. The third-order valence-corrected chi connectivity index (χ3v) is 5.21. The topological polar surface area (TPSA) is 98.3 Å². The van der Waals surface area contributed by atoms with Gasteiger partial charge >= 0.3 is 5.97 Å². The summed E-state index contributed by atoms with van der Waals surface area (Å²) in [5, 5.41) is 19.8. The van der Waals surface area contributed by atoms with E-state index in [9.17, 15) is 9.90 Å². The highest BCUT2D eigenvalue weighted by Gasteiger charge is 2.17. The van der Waals surface area contributed by atoms with E-state index in [4.69, 9.17) is 20.8 Å². The summed E-state index contributed by atoms with van der Waals surface area (Å²) in [5.74, 6) is 0.469. The molecule has 0 radical (unpaired) electrons. The molecule has 0 aliphatic heterocycles. The average molecular weight is 402 g/mol. The molecule has 0 amide bonds. The molecule has 0 unspecified atom stereocenters. The number of carboxylic acids is 1. The number of ether oxygens (including phenoxy) is 1. The average Bonchev–Trinajstić information content (AvgIpc) is 3.27. The zero-order chi connectivity index (χ0) is 19.0. The monoisotopic (exact) mass is 401 g/mol. The predicted octanol–water partition coefficient (Wildman–Crippen LogP) is 4.59. The highest BCUT2D eigenvalue weighted by Crippen LogP contribution is 2.34. The Hall–Kier alpha value is -2.97. The summed E-state index contributed by atoms with van der Waals surface area (Å²) >= 11 is 7.49. The molecule has 136 valence electrons. The van der Waals surface area contributed by atoms with Crippen LogP contribution in [0.25, 0.3) is 21.5 Å². The SMILES string of the molecule is Cc1nnc(-c2cccc(OCc3csc4c(C(=O)O)cnc(Cl)c34)c2)o1. The number of thiophene rings is 1. The Balaban J connectivity index is 1.61. The van der Waals surface area contributed by atoms with Crippen LogP contribution in [0.4, 0.5) is 0 Å². The Labute approximate surface area is 162 Å². The van der Waals surface area contributed by atoms with Crippen LogP contribution in [0.2, 0.25) is 5.15 Å². The number of hydrogen-bond acceptors (Lipinski definition) is 7. The summed E-state index contributed by atoms with van der Waals surface area (Å²) in [6.45, 7) is 1.94. The number of aryl methyl sites for hydroxylation is 1. The first kappa shape index (κ1) is 17.4. The minimum absolute atomic E-state index is 0.124. The smallest absolute Gasteiger partial charge is 0.338 e. The number of fused-ring (bicyclic) bond motifs is 1. The van der Waals surface area contributed by atoms with Gasteiger partial charge in [0.1, 0.15) is 17.5 Å². The molecule has 3 heterocycles. The number of nitrogens with zero attached hydrogens (tertiary/aromatic N) is 3. The molecular formula is C18H12ClN3O4S. The molecule has 0 aliphatic carbocycles. The van der Waals surface area contributed by atoms with Crippen LogP contribution in [0, 0.1) is 6.92 Å². The van der Waals surface area contributed by atoms with E-state index in [1.807, 2.05) is 23.6 Å². The van der Waals surface area contributed by atoms with Crippen molar-refractivity contribution in [2.75, 3.05) is 0 Å². The molecule has 0 saturated heterocycles. The van der Waals surface area contributed by atoms with Crippen LogP contribution in [0.3, 0.4) is 0 Å². The van der Waals surface area contributed by atoms with Crippen molar-refractivity contribution in [2.45, 2.75) is 13.5 Å². The van der Waals surface area contributed by atoms with Gasteiger partial charge in [0.2, 0.25) is 11.8 Å². The number of aromatic carboxylic acids is 1. The Kier molecular flexibility index (Phi) is 4.51. The van der Waals surface area contributed by atoms with Crippen LogP contribution in [0.15, 0.2) is 40.3 Å². The molecule has 7 nitrogen and oxygen atoms in total. The van der Waals surface area contributed by atoms with E-state index < -0.39 is 5.97 Å². The van der Waals surface area contributed by atoms with Gasteiger partial charge < -0.3 is 14.3 Å². The zero-order valence-corrected chi connectivity index (χ0v) is 15.5. The molecule has 0 saturated carbocycles. The second-order valence-electron chi connectivity index (χ2n) is 5.68. The van der Waals surface area contributed by atoms with E-state index in [2.05, 4.69) is 15.2 Å². The zero-order valence-electron chi connectivity index (χ0n) is 14.0. The molecule has 0 atom stereocenters. The van der Waals surface area contributed by atoms with Gasteiger partial charge in [-0.25, -0.2) is 9.78 Å². The second-order valence-corrected chi connectivity index (χ2v) is 6.91. The summed E-state index contributed by atoms with van der Waals surface area (Å²) in [5.41, 5.74) is 1.64. The van der Waals surface area contributed by atoms with Gasteiger partial charge in [-0.15, -0.1) is 21.5 Å². The Morgan fingerprint density at radius 1 is 1.37 bits per heavy atom. The number of carboxylic acid groups (broad SMARTS) is 1. The molecule has 27 heavy (non-hydrogen) atoms. The molecule has 3 aromatic heterocycles. The van der Waals surface area contributed by atoms with Crippen LogP contribution in [-0.4, -0.2) is 26.3 Å². The van der Waals surface area contributed by atoms with Gasteiger partial charge in [0, 0.05) is 29.6 Å². The van der Waals surface area contributed by atoms with Gasteiger partial charge in [-0.3, -0.25) is 0 Å². The van der Waals surface area contributed by atoms with Crippen LogP contribution >= 0.6 is 22.9 Å². The summed E-state index contributed by atoms with van der Waals surface area (Å²) < 4.78 is 11.9. The van der Waals surface area contributed by atoms with Crippen molar-refractivity contribution < 1.29 is 19.1 Å². The quantitative estimate of drug-likeness (QED) is 0.488. The maximum Gasteiger partial charge on any atom is 0.338 e. The largest absolute Gasteiger partial charge is 0.489 e. The summed E-state index contributed by atoms with van der Waals surface area (Å²) in [6, 6.07) is 7.28. The van der Waals surface area contributed by atoms with Crippen LogP contribution in [0.1, 0.15) is 21.8 Å². The lowest BCUT2D eigenvalue weighted by Gasteiger charge is -2.07. The number of halogens is 1. The molecule has 0 aliphatic rings. The lowest BCUT2D eigenvalue weighted by Crippen LogP contribution is -1.99. The normalized spacial score (nSPS) is 11.0. The van der Waals surface area contributed by atoms with Crippen LogP contribution in [-0.2, 0) is 6.61 Å². The van der Waals surface area contributed by atoms with Crippen molar-refractivity contribution in [3.8, 4) is 17.2 Å². The van der Waals surface area contributed by atoms with Crippen molar-refractivity contribution in [2.24, 2.45) is 0 Å². The van der Waals surface area contributed by atoms with Crippen molar-refractivity contribution >= 4 is 39.0 Å². The van der Waals surface area contributed by atoms with Gasteiger partial charge in [0.15, 0.2) is 0 Å². The minimum atomic E-state index is -1.04. The molecule has 1 aromatic carbocycles. The predicted molar refractivity (Wildman–Crippen MR) is 100 cm³/mol. The van der Waals surface area contributed by atoms with Crippen molar-refractivity contribution in [1.29, 1.82) is 0 Å². The molecule has 0 fully saturated rings. The Morgan fingerprint density at radius 2 is 2.22 bits per heavy atom. The van der Waals surface area contributed by atoms with Gasteiger partial charge in [0.25, 0.3) is 0 Å². The van der Waals surface area contributed by atoms with E-state index in [0.29, 0.717) is 27.6 Å². The maximum atomic E-state index is 11.4. The first-order chi connectivity index (χ1) is 13.0.